The summed E-state index contributed by atoms with van der Waals surface area (Å²) in [5, 5.41) is 13.7. The Morgan fingerprint density at radius 2 is 1.80 bits per heavy atom. The van der Waals surface area contributed by atoms with Crippen molar-refractivity contribution in [2.75, 3.05) is 0 Å². The molecule has 1 nitrogen and oxygen atoms in total. The maximum absolute atomic E-state index is 10.5. The molecule has 3 rings (SSSR count). The number of aliphatic hydroxyl groups excluding tert-OH is 1. The van der Waals surface area contributed by atoms with Crippen LogP contribution < -0.4 is 0 Å². The van der Waals surface area contributed by atoms with Gasteiger partial charge in [-0.1, -0.05) is 82.7 Å². The van der Waals surface area contributed by atoms with Crippen molar-refractivity contribution in [2.24, 2.45) is 17.8 Å². The maximum Gasteiger partial charge on any atom is 0.0790 e. The van der Waals surface area contributed by atoms with E-state index in [1.165, 1.54) is 42.5 Å². The van der Waals surface area contributed by atoms with Gasteiger partial charge >= 0.3 is 0 Å². The third-order valence-electron chi connectivity index (χ3n) is 7.06. The second-order valence-electron chi connectivity index (χ2n) is 8.90. The van der Waals surface area contributed by atoms with E-state index in [0.29, 0.717) is 17.8 Å². The van der Waals surface area contributed by atoms with Crippen LogP contribution in [0.5, 0.6) is 0 Å². The molecule has 161 valence electrons. The quantitative estimate of drug-likeness (QED) is 0.261. The molecule has 0 saturated heterocycles. The molecule has 0 saturated carbocycles. The topological polar surface area (TPSA) is 20.2 Å². The van der Waals surface area contributed by atoms with Crippen molar-refractivity contribution in [3.05, 3.63) is 63.4 Å². The molecule has 1 radical (unpaired) electrons. The number of unbranched alkanes of at least 4 members (excludes halogenated alkanes) is 2. The van der Waals surface area contributed by atoms with E-state index >= 15 is 0 Å². The predicted octanol–water partition coefficient (Wildman–Crippen LogP) is 7.86. The van der Waals surface area contributed by atoms with E-state index in [1.54, 1.807) is 22.5 Å². The summed E-state index contributed by atoms with van der Waals surface area (Å²) in [5.74, 6) is 1.97. The van der Waals surface area contributed by atoms with E-state index in [4.69, 9.17) is 0 Å². The van der Waals surface area contributed by atoms with Gasteiger partial charge in [0.2, 0.25) is 0 Å². The molecule has 0 fully saturated rings. The Hall–Kier alpha value is -0.276. The standard InChI is InChI=1S/C27H37OS.Y/c1-5-6-7-13-26(28)22-14-16-23(17-15-22)27-21(4)19(2)20(3)25(27)12-8-10-24-11-9-18-29-24;/h9,11,14-17,19-20,25-26,28H,5-8,10,12-13H2,1-4H3;/q-1;/t19?,20?,25-,26?;/m0./s1. The molecule has 1 aromatic heterocycles. The van der Waals surface area contributed by atoms with Gasteiger partial charge in [-0.05, 0) is 54.2 Å². The van der Waals surface area contributed by atoms with E-state index in [1.807, 2.05) is 6.07 Å². The number of aryl methyl sites for hydroxylation is 1. The van der Waals surface area contributed by atoms with Gasteiger partial charge in [-0.2, -0.15) is 6.07 Å². The van der Waals surface area contributed by atoms with Crippen LogP contribution in [0.4, 0.5) is 0 Å². The molecule has 0 aliphatic heterocycles. The molecule has 0 bridgehead atoms. The third kappa shape index (κ3) is 6.38. The molecule has 3 unspecified atom stereocenters. The third-order valence-corrected chi connectivity index (χ3v) is 7.91. The van der Waals surface area contributed by atoms with Crippen LogP contribution in [-0.2, 0) is 39.1 Å². The first-order chi connectivity index (χ1) is 14.0. The summed E-state index contributed by atoms with van der Waals surface area (Å²) >= 11 is 1.75. The summed E-state index contributed by atoms with van der Waals surface area (Å²) in [6.07, 6.45) is 7.68. The maximum atomic E-state index is 10.5. The van der Waals surface area contributed by atoms with Gasteiger partial charge in [-0.25, -0.2) is 6.07 Å². The van der Waals surface area contributed by atoms with Crippen molar-refractivity contribution in [3.8, 4) is 0 Å². The zero-order chi connectivity index (χ0) is 20.8. The first kappa shape index (κ1) is 26.0. The van der Waals surface area contributed by atoms with Crippen molar-refractivity contribution in [1.29, 1.82) is 0 Å². The Labute approximate surface area is 213 Å². The van der Waals surface area contributed by atoms with Crippen molar-refractivity contribution in [1.82, 2.24) is 0 Å². The zero-order valence-corrected chi connectivity index (χ0v) is 22.8. The monoisotopic (exact) mass is 498 g/mol. The molecule has 1 aliphatic rings. The van der Waals surface area contributed by atoms with Gasteiger partial charge in [0.1, 0.15) is 0 Å². The van der Waals surface area contributed by atoms with Crippen molar-refractivity contribution in [2.45, 2.75) is 78.7 Å². The predicted molar refractivity (Wildman–Crippen MR) is 126 cm³/mol. The van der Waals surface area contributed by atoms with E-state index in [9.17, 15) is 5.11 Å². The smallest absolute Gasteiger partial charge is 0.0790 e. The second kappa shape index (κ2) is 12.7. The SMILES string of the molecule is CCCCCC(O)c1ccc(C2=C(C)C(C)C(C)[C@@H]2CCCc2cc[c-]s2)cc1.[Y]. The number of aliphatic hydroxyl groups is 1. The minimum absolute atomic E-state index is 0. The molecular formula is C27H37OSY-. The number of benzene rings is 1. The van der Waals surface area contributed by atoms with E-state index < -0.39 is 0 Å². The molecule has 1 N–H and O–H groups in total. The average Bonchev–Trinajstić information content (AvgIpc) is 3.32. The molecule has 2 aromatic rings. The fourth-order valence-corrected chi connectivity index (χ4v) is 5.60. The van der Waals surface area contributed by atoms with E-state index in [-0.39, 0.29) is 38.8 Å². The zero-order valence-electron chi connectivity index (χ0n) is 19.2. The van der Waals surface area contributed by atoms with Crippen molar-refractivity contribution >= 4 is 16.9 Å². The summed E-state index contributed by atoms with van der Waals surface area (Å²) in [5.41, 5.74) is 5.54. The average molecular weight is 499 g/mol. The Kier molecular flexibility index (Phi) is 11.0. The van der Waals surface area contributed by atoms with Gasteiger partial charge < -0.3 is 16.4 Å². The van der Waals surface area contributed by atoms with Crippen molar-refractivity contribution in [3.63, 3.8) is 0 Å². The minimum Gasteiger partial charge on any atom is -0.388 e. The number of allylic oxidation sites excluding steroid dienone is 2. The summed E-state index contributed by atoms with van der Waals surface area (Å²) in [6, 6.07) is 13.1. The van der Waals surface area contributed by atoms with Crippen LogP contribution in [0.1, 0.15) is 88.3 Å². The van der Waals surface area contributed by atoms with E-state index in [0.717, 1.165) is 18.4 Å². The number of thiophene rings is 1. The van der Waals surface area contributed by atoms with Crippen LogP contribution in [0.25, 0.3) is 5.57 Å². The Balaban J connectivity index is 0.00000320. The Morgan fingerprint density at radius 3 is 2.43 bits per heavy atom. The van der Waals surface area contributed by atoms with Gasteiger partial charge in [0, 0.05) is 32.7 Å². The van der Waals surface area contributed by atoms with Gasteiger partial charge in [0.05, 0.1) is 6.10 Å². The van der Waals surface area contributed by atoms with Crippen LogP contribution in [-0.4, -0.2) is 5.11 Å². The minimum atomic E-state index is -0.328. The van der Waals surface area contributed by atoms with Crippen LogP contribution in [0.2, 0.25) is 0 Å². The van der Waals surface area contributed by atoms with Gasteiger partial charge in [0.25, 0.3) is 0 Å². The fraction of sp³-hybridized carbons (Fsp3) is 0.556. The molecule has 0 amide bonds. The molecule has 0 spiro atoms. The van der Waals surface area contributed by atoms with Crippen LogP contribution >= 0.6 is 11.3 Å². The summed E-state index contributed by atoms with van der Waals surface area (Å²) < 4.78 is 0. The Morgan fingerprint density at radius 1 is 1.07 bits per heavy atom. The molecule has 3 heteroatoms. The van der Waals surface area contributed by atoms with E-state index in [2.05, 4.69) is 63.4 Å². The number of rotatable bonds is 10. The molecule has 4 atom stereocenters. The first-order valence-electron chi connectivity index (χ1n) is 11.5. The number of hydrogen-bond acceptors (Lipinski definition) is 2. The fourth-order valence-electron chi connectivity index (χ4n) is 4.93. The summed E-state index contributed by atoms with van der Waals surface area (Å²) in [6.45, 7) is 9.35. The second-order valence-corrected chi connectivity index (χ2v) is 9.86. The van der Waals surface area contributed by atoms with Crippen LogP contribution in [0.15, 0.2) is 42.0 Å². The first-order valence-corrected chi connectivity index (χ1v) is 12.3. The van der Waals surface area contributed by atoms with Crippen LogP contribution in [0.3, 0.4) is 0 Å². The molecule has 30 heavy (non-hydrogen) atoms. The normalized spacial score (nSPS) is 22.2. The Bertz CT molecular complexity index is 778. The molecular weight excluding hydrogens is 461 g/mol. The molecule has 1 aliphatic carbocycles. The summed E-state index contributed by atoms with van der Waals surface area (Å²) in [7, 11) is 0. The summed E-state index contributed by atoms with van der Waals surface area (Å²) in [4.78, 5) is 1.45. The van der Waals surface area contributed by atoms with Gasteiger partial charge in [-0.3, -0.25) is 0 Å². The van der Waals surface area contributed by atoms with Gasteiger partial charge in [0.15, 0.2) is 0 Å². The largest absolute Gasteiger partial charge is 0.388 e. The molecule has 1 heterocycles. The van der Waals surface area contributed by atoms with Crippen LogP contribution in [0, 0.1) is 23.1 Å². The number of hydrogen-bond donors (Lipinski definition) is 1. The van der Waals surface area contributed by atoms with Gasteiger partial charge in [-0.15, -0.1) is 10.3 Å². The van der Waals surface area contributed by atoms with Crippen molar-refractivity contribution < 1.29 is 37.8 Å². The molecule has 1 aromatic carbocycles.